The molecule has 1 heterocycles. The van der Waals surface area contributed by atoms with Crippen molar-refractivity contribution in [3.8, 4) is 0 Å². The summed E-state index contributed by atoms with van der Waals surface area (Å²) in [7, 11) is 0. The molecular weight excluding hydrogens is 162 g/mol. The largest absolute Gasteiger partial charge is 0.330 e. The summed E-state index contributed by atoms with van der Waals surface area (Å²) < 4.78 is 24.5. The lowest BCUT2D eigenvalue weighted by Crippen LogP contribution is -2.07. The molecule has 0 saturated heterocycles. The third-order valence-electron chi connectivity index (χ3n) is 1.54. The average molecular weight is 172 g/mol. The number of pyridine rings is 1. The van der Waals surface area contributed by atoms with Crippen LogP contribution in [0, 0.1) is 0 Å². The normalized spacial score (nSPS) is 10.7. The second-order valence-electron chi connectivity index (χ2n) is 2.38. The first kappa shape index (κ1) is 9.06. The van der Waals surface area contributed by atoms with E-state index in [-0.39, 0.29) is 5.56 Å². The van der Waals surface area contributed by atoms with Gasteiger partial charge in [0.25, 0.3) is 6.43 Å². The minimum atomic E-state index is -2.46. The Bertz CT molecular complexity index is 251. The molecule has 0 spiro atoms. The van der Waals surface area contributed by atoms with E-state index in [0.29, 0.717) is 18.7 Å². The first-order valence-corrected chi connectivity index (χ1v) is 3.67. The highest BCUT2D eigenvalue weighted by atomic mass is 19.3. The molecule has 0 amide bonds. The van der Waals surface area contributed by atoms with Crippen LogP contribution >= 0.6 is 0 Å². The second kappa shape index (κ2) is 4.11. The minimum Gasteiger partial charge on any atom is -0.330 e. The van der Waals surface area contributed by atoms with E-state index in [4.69, 9.17) is 5.73 Å². The number of rotatable bonds is 3. The molecule has 0 atom stereocenters. The van der Waals surface area contributed by atoms with Crippen molar-refractivity contribution in [1.82, 2.24) is 4.98 Å². The molecule has 1 aromatic heterocycles. The van der Waals surface area contributed by atoms with Crippen LogP contribution in [0.4, 0.5) is 8.78 Å². The summed E-state index contributed by atoms with van der Waals surface area (Å²) in [5.74, 6) is 0. The highest BCUT2D eigenvalue weighted by molar-refractivity contribution is 5.21. The molecule has 0 fully saturated rings. The molecule has 1 rings (SSSR count). The van der Waals surface area contributed by atoms with Crippen molar-refractivity contribution in [2.75, 3.05) is 6.54 Å². The van der Waals surface area contributed by atoms with Crippen molar-refractivity contribution in [2.45, 2.75) is 12.8 Å². The maximum absolute atomic E-state index is 12.3. The molecular formula is C8H10F2N2. The van der Waals surface area contributed by atoms with Gasteiger partial charge in [-0.1, -0.05) is 0 Å². The predicted octanol–water partition coefficient (Wildman–Crippen LogP) is 1.52. The fraction of sp³-hybridized carbons (Fsp3) is 0.375. The third kappa shape index (κ3) is 1.98. The maximum atomic E-state index is 12.3. The minimum absolute atomic E-state index is 0.0112. The summed E-state index contributed by atoms with van der Waals surface area (Å²) in [6.45, 7) is 0.344. The van der Waals surface area contributed by atoms with Gasteiger partial charge < -0.3 is 5.73 Å². The van der Waals surface area contributed by atoms with Gasteiger partial charge in [0.2, 0.25) is 0 Å². The zero-order valence-electron chi connectivity index (χ0n) is 6.50. The molecule has 0 aromatic carbocycles. The van der Waals surface area contributed by atoms with E-state index in [1.807, 2.05) is 0 Å². The third-order valence-corrected chi connectivity index (χ3v) is 1.54. The Morgan fingerprint density at radius 1 is 1.50 bits per heavy atom. The molecule has 0 aliphatic heterocycles. The molecule has 0 aliphatic rings. The van der Waals surface area contributed by atoms with E-state index in [1.165, 1.54) is 18.3 Å². The molecule has 0 radical (unpaired) electrons. The fourth-order valence-corrected chi connectivity index (χ4v) is 0.995. The molecule has 2 N–H and O–H groups in total. The zero-order valence-corrected chi connectivity index (χ0v) is 6.50. The Morgan fingerprint density at radius 2 is 2.25 bits per heavy atom. The highest BCUT2D eigenvalue weighted by Gasteiger charge is 2.11. The van der Waals surface area contributed by atoms with E-state index in [2.05, 4.69) is 4.98 Å². The number of nitrogens with zero attached hydrogens (tertiary/aromatic N) is 1. The summed E-state index contributed by atoms with van der Waals surface area (Å²) in [6, 6.07) is 2.88. The van der Waals surface area contributed by atoms with Gasteiger partial charge >= 0.3 is 0 Å². The van der Waals surface area contributed by atoms with Crippen LogP contribution < -0.4 is 5.73 Å². The van der Waals surface area contributed by atoms with Crippen LogP contribution in [0.15, 0.2) is 18.3 Å². The van der Waals surface area contributed by atoms with Crippen molar-refractivity contribution in [2.24, 2.45) is 5.73 Å². The van der Waals surface area contributed by atoms with Gasteiger partial charge in [-0.2, -0.15) is 0 Å². The van der Waals surface area contributed by atoms with Crippen molar-refractivity contribution in [3.05, 3.63) is 29.6 Å². The molecule has 0 bridgehead atoms. The maximum Gasteiger partial charge on any atom is 0.265 e. The number of hydrogen-bond acceptors (Lipinski definition) is 2. The molecule has 0 saturated carbocycles. The predicted molar refractivity (Wildman–Crippen MR) is 42.0 cm³/mol. The van der Waals surface area contributed by atoms with Crippen LogP contribution in [0.1, 0.15) is 17.7 Å². The summed E-state index contributed by atoms with van der Waals surface area (Å²) in [5.41, 5.74) is 5.63. The van der Waals surface area contributed by atoms with Crippen LogP contribution in [0.3, 0.4) is 0 Å². The van der Waals surface area contributed by atoms with Gasteiger partial charge in [0.05, 0.1) is 5.69 Å². The second-order valence-corrected chi connectivity index (χ2v) is 2.38. The molecule has 2 nitrogen and oxygen atoms in total. The lowest BCUT2D eigenvalue weighted by Gasteiger charge is -2.04. The summed E-state index contributed by atoms with van der Waals surface area (Å²) >= 11 is 0. The average Bonchev–Trinajstić information content (AvgIpc) is 2.05. The molecule has 4 heteroatoms. The Kier molecular flexibility index (Phi) is 3.10. The van der Waals surface area contributed by atoms with Crippen LogP contribution in [0.5, 0.6) is 0 Å². The van der Waals surface area contributed by atoms with Crippen molar-refractivity contribution >= 4 is 0 Å². The van der Waals surface area contributed by atoms with Gasteiger partial charge in [0.1, 0.15) is 0 Å². The van der Waals surface area contributed by atoms with E-state index in [1.54, 1.807) is 0 Å². The summed E-state index contributed by atoms with van der Waals surface area (Å²) in [4.78, 5) is 3.83. The van der Waals surface area contributed by atoms with Gasteiger partial charge in [-0.15, -0.1) is 0 Å². The van der Waals surface area contributed by atoms with E-state index < -0.39 is 6.43 Å². The Morgan fingerprint density at radius 3 is 2.83 bits per heavy atom. The number of aromatic nitrogens is 1. The number of halogens is 2. The topological polar surface area (TPSA) is 38.9 Å². The SMILES string of the molecule is NCCc1ncccc1C(F)F. The van der Waals surface area contributed by atoms with Crippen LogP contribution in [0.2, 0.25) is 0 Å². The Balaban J connectivity index is 2.92. The standard InChI is InChI=1S/C8H10F2N2/c9-8(10)6-2-1-5-12-7(6)3-4-11/h1-2,5,8H,3-4,11H2. The van der Waals surface area contributed by atoms with Crippen LogP contribution in [-0.4, -0.2) is 11.5 Å². The number of nitrogens with two attached hydrogens (primary N) is 1. The van der Waals surface area contributed by atoms with Crippen molar-refractivity contribution in [1.29, 1.82) is 0 Å². The highest BCUT2D eigenvalue weighted by Crippen LogP contribution is 2.20. The summed E-state index contributed by atoms with van der Waals surface area (Å²) in [6.07, 6.45) is -0.558. The van der Waals surface area contributed by atoms with Gasteiger partial charge in [-0.25, -0.2) is 8.78 Å². The monoisotopic (exact) mass is 172 g/mol. The Hall–Kier alpha value is -1.03. The van der Waals surface area contributed by atoms with Crippen molar-refractivity contribution in [3.63, 3.8) is 0 Å². The van der Waals surface area contributed by atoms with E-state index in [9.17, 15) is 8.78 Å². The smallest absolute Gasteiger partial charge is 0.265 e. The quantitative estimate of drug-likeness (QED) is 0.750. The summed E-state index contributed by atoms with van der Waals surface area (Å²) in [5, 5.41) is 0. The Labute approximate surface area is 69.4 Å². The molecule has 0 aliphatic carbocycles. The van der Waals surface area contributed by atoms with Crippen molar-refractivity contribution < 1.29 is 8.78 Å². The zero-order chi connectivity index (χ0) is 8.97. The lowest BCUT2D eigenvalue weighted by molar-refractivity contribution is 0.149. The lowest BCUT2D eigenvalue weighted by atomic mass is 10.1. The molecule has 12 heavy (non-hydrogen) atoms. The molecule has 0 unspecified atom stereocenters. The molecule has 66 valence electrons. The van der Waals surface area contributed by atoms with Crippen LogP contribution in [-0.2, 0) is 6.42 Å². The van der Waals surface area contributed by atoms with Gasteiger partial charge in [-0.3, -0.25) is 4.98 Å². The molecule has 1 aromatic rings. The van der Waals surface area contributed by atoms with E-state index in [0.717, 1.165) is 0 Å². The van der Waals surface area contributed by atoms with Gasteiger partial charge in [-0.05, 0) is 18.7 Å². The number of hydrogen-bond donors (Lipinski definition) is 1. The van der Waals surface area contributed by atoms with Gasteiger partial charge in [0, 0.05) is 18.2 Å². The number of alkyl halides is 2. The first-order valence-electron chi connectivity index (χ1n) is 3.67. The van der Waals surface area contributed by atoms with E-state index >= 15 is 0 Å². The fourth-order valence-electron chi connectivity index (χ4n) is 0.995. The van der Waals surface area contributed by atoms with Gasteiger partial charge in [0.15, 0.2) is 0 Å². The van der Waals surface area contributed by atoms with Crippen LogP contribution in [0.25, 0.3) is 0 Å². The first-order chi connectivity index (χ1) is 5.75.